The van der Waals surface area contributed by atoms with Gasteiger partial charge < -0.3 is 10.2 Å². The Morgan fingerprint density at radius 2 is 2.29 bits per heavy atom. The summed E-state index contributed by atoms with van der Waals surface area (Å²) in [7, 11) is 0. The van der Waals surface area contributed by atoms with Gasteiger partial charge in [0.1, 0.15) is 0 Å². The molecule has 4 nitrogen and oxygen atoms in total. The van der Waals surface area contributed by atoms with E-state index in [9.17, 15) is 4.79 Å². The Kier molecular flexibility index (Phi) is 2.50. The third kappa shape index (κ3) is 4.81. The van der Waals surface area contributed by atoms with E-state index in [2.05, 4.69) is 0 Å². The molecule has 0 aliphatic carbocycles. The van der Waals surface area contributed by atoms with Crippen LogP contribution in [0.4, 0.5) is 4.79 Å². The van der Waals surface area contributed by atoms with Gasteiger partial charge in [0.15, 0.2) is 0 Å². The molecule has 0 spiro atoms. The standard InChI is InChI=1S/C3H5NO3/c5-2-1-4-3(6)7/h1-2,4-5H,(H,6,7)/b2-1+. The number of aliphatic hydroxyl groups is 1. The Bertz CT molecular complexity index is 88.2. The van der Waals surface area contributed by atoms with Crippen LogP contribution >= 0.6 is 0 Å². The topological polar surface area (TPSA) is 69.6 Å². The van der Waals surface area contributed by atoms with E-state index >= 15 is 0 Å². The zero-order valence-corrected chi connectivity index (χ0v) is 3.46. The van der Waals surface area contributed by atoms with Gasteiger partial charge in [-0.05, 0) is 0 Å². The molecular weight excluding hydrogens is 98.0 g/mol. The second-order valence-electron chi connectivity index (χ2n) is 0.765. The quantitative estimate of drug-likeness (QED) is 0.417. The predicted molar refractivity (Wildman–Crippen MR) is 22.9 cm³/mol. The molecule has 0 fully saturated rings. The van der Waals surface area contributed by atoms with Crippen molar-refractivity contribution in [1.82, 2.24) is 5.32 Å². The molecule has 0 heterocycles. The average Bonchev–Trinajstić information content (AvgIpc) is 1.61. The maximum atomic E-state index is 9.48. The summed E-state index contributed by atoms with van der Waals surface area (Å²) >= 11 is 0. The first-order valence-electron chi connectivity index (χ1n) is 1.56. The lowest BCUT2D eigenvalue weighted by Gasteiger charge is -1.83. The van der Waals surface area contributed by atoms with Crippen molar-refractivity contribution in [1.29, 1.82) is 0 Å². The highest BCUT2D eigenvalue weighted by molar-refractivity contribution is 5.65. The first kappa shape index (κ1) is 5.81. The molecule has 0 rings (SSSR count). The van der Waals surface area contributed by atoms with Gasteiger partial charge >= 0.3 is 6.09 Å². The van der Waals surface area contributed by atoms with Crippen molar-refractivity contribution in [2.75, 3.05) is 0 Å². The van der Waals surface area contributed by atoms with E-state index in [-0.39, 0.29) is 0 Å². The van der Waals surface area contributed by atoms with Gasteiger partial charge in [-0.15, -0.1) is 0 Å². The van der Waals surface area contributed by atoms with E-state index < -0.39 is 6.09 Å². The summed E-state index contributed by atoms with van der Waals surface area (Å²) in [5.41, 5.74) is 0. The summed E-state index contributed by atoms with van der Waals surface area (Å²) < 4.78 is 0. The van der Waals surface area contributed by atoms with Crippen LogP contribution < -0.4 is 5.32 Å². The lowest BCUT2D eigenvalue weighted by Crippen LogP contribution is -2.12. The van der Waals surface area contributed by atoms with Gasteiger partial charge in [-0.1, -0.05) is 0 Å². The summed E-state index contributed by atoms with van der Waals surface area (Å²) in [6.45, 7) is 0. The van der Waals surface area contributed by atoms with Crippen LogP contribution in [0.3, 0.4) is 0 Å². The van der Waals surface area contributed by atoms with Crippen molar-refractivity contribution in [3.8, 4) is 0 Å². The van der Waals surface area contributed by atoms with Crippen molar-refractivity contribution in [2.45, 2.75) is 0 Å². The van der Waals surface area contributed by atoms with Crippen molar-refractivity contribution in [2.24, 2.45) is 0 Å². The molecule has 1 amide bonds. The smallest absolute Gasteiger partial charge is 0.408 e. The van der Waals surface area contributed by atoms with Crippen LogP contribution in [0, 0.1) is 0 Å². The molecule has 0 aromatic rings. The number of carboxylic acid groups (broad SMARTS) is 1. The normalized spacial score (nSPS) is 9.14. The van der Waals surface area contributed by atoms with Gasteiger partial charge in [0.25, 0.3) is 0 Å². The second-order valence-corrected chi connectivity index (χ2v) is 0.765. The highest BCUT2D eigenvalue weighted by Gasteiger charge is 1.82. The van der Waals surface area contributed by atoms with Crippen LogP contribution in [0.1, 0.15) is 0 Å². The zero-order chi connectivity index (χ0) is 5.70. The van der Waals surface area contributed by atoms with E-state index in [0.717, 1.165) is 6.20 Å². The van der Waals surface area contributed by atoms with Crippen LogP contribution in [-0.4, -0.2) is 16.3 Å². The van der Waals surface area contributed by atoms with Crippen LogP contribution in [0.2, 0.25) is 0 Å². The van der Waals surface area contributed by atoms with Gasteiger partial charge in [0.05, 0.1) is 6.26 Å². The van der Waals surface area contributed by atoms with Gasteiger partial charge in [0, 0.05) is 6.20 Å². The molecule has 0 aromatic carbocycles. The molecule has 0 atom stereocenters. The molecule has 0 bridgehead atoms. The van der Waals surface area contributed by atoms with Gasteiger partial charge in [-0.3, -0.25) is 5.32 Å². The van der Waals surface area contributed by atoms with Crippen LogP contribution in [0.5, 0.6) is 0 Å². The molecule has 4 heteroatoms. The fourth-order valence-corrected chi connectivity index (χ4v) is 0.109. The molecule has 3 N–H and O–H groups in total. The summed E-state index contributed by atoms with van der Waals surface area (Å²) in [6.07, 6.45) is 0.321. The number of hydrogen-bond acceptors (Lipinski definition) is 2. The fraction of sp³-hybridized carbons (Fsp3) is 0. The Labute approximate surface area is 40.1 Å². The zero-order valence-electron chi connectivity index (χ0n) is 3.46. The predicted octanol–water partition coefficient (Wildman–Crippen LogP) is 0.283. The van der Waals surface area contributed by atoms with Crippen LogP contribution in [0.15, 0.2) is 12.5 Å². The van der Waals surface area contributed by atoms with Crippen molar-refractivity contribution < 1.29 is 15.0 Å². The molecular formula is C3H5NO3. The molecule has 40 valence electrons. The lowest BCUT2D eigenvalue weighted by molar-refractivity contribution is 0.198. The third-order valence-electron chi connectivity index (χ3n) is 0.281. The maximum Gasteiger partial charge on any atom is 0.408 e. The SMILES string of the molecule is O=C(O)N/C=C/O. The number of nitrogens with one attached hydrogen (secondary N) is 1. The minimum absolute atomic E-state index is 0.605. The molecule has 0 aliphatic rings. The van der Waals surface area contributed by atoms with Crippen molar-refractivity contribution in [3.05, 3.63) is 12.5 Å². The molecule has 0 aliphatic heterocycles. The highest BCUT2D eigenvalue weighted by Crippen LogP contribution is 1.59. The number of rotatable bonds is 1. The monoisotopic (exact) mass is 103 g/mol. The van der Waals surface area contributed by atoms with E-state index in [1.54, 1.807) is 5.32 Å². The largest absolute Gasteiger partial charge is 0.514 e. The number of hydrogen-bond donors (Lipinski definition) is 3. The van der Waals surface area contributed by atoms with E-state index in [1.165, 1.54) is 0 Å². The molecule has 0 saturated heterocycles. The van der Waals surface area contributed by atoms with Gasteiger partial charge in [-0.2, -0.15) is 0 Å². The van der Waals surface area contributed by atoms with Gasteiger partial charge in [0.2, 0.25) is 0 Å². The van der Waals surface area contributed by atoms with E-state index in [0.29, 0.717) is 6.26 Å². The summed E-state index contributed by atoms with van der Waals surface area (Å²) in [6, 6.07) is 0. The third-order valence-corrected chi connectivity index (χ3v) is 0.281. The Morgan fingerprint density at radius 1 is 1.71 bits per heavy atom. The summed E-state index contributed by atoms with van der Waals surface area (Å²) in [5.74, 6) is 0. The average molecular weight is 103 g/mol. The lowest BCUT2D eigenvalue weighted by atomic mass is 10.9. The van der Waals surface area contributed by atoms with E-state index in [1.807, 2.05) is 0 Å². The highest BCUT2D eigenvalue weighted by atomic mass is 16.4. The summed E-state index contributed by atoms with van der Waals surface area (Å²) in [5, 5.41) is 17.4. The molecule has 0 radical (unpaired) electrons. The number of amides is 1. The second kappa shape index (κ2) is 3.02. The van der Waals surface area contributed by atoms with Crippen LogP contribution in [0.25, 0.3) is 0 Å². The van der Waals surface area contributed by atoms with E-state index in [4.69, 9.17) is 10.2 Å². The Balaban J connectivity index is 3.14. The first-order valence-corrected chi connectivity index (χ1v) is 1.56. The minimum Gasteiger partial charge on any atom is -0.514 e. The first-order chi connectivity index (χ1) is 3.27. The van der Waals surface area contributed by atoms with Crippen molar-refractivity contribution >= 4 is 6.09 Å². The number of carbonyl (C=O) groups is 1. The molecule has 0 saturated carbocycles. The van der Waals surface area contributed by atoms with Crippen molar-refractivity contribution in [3.63, 3.8) is 0 Å². The summed E-state index contributed by atoms with van der Waals surface area (Å²) in [4.78, 5) is 9.48. The minimum atomic E-state index is -1.19. The maximum absolute atomic E-state index is 9.48. The van der Waals surface area contributed by atoms with Crippen LogP contribution in [-0.2, 0) is 0 Å². The Hall–Kier alpha value is -1.19. The molecule has 7 heavy (non-hydrogen) atoms. The Morgan fingerprint density at radius 3 is 2.43 bits per heavy atom. The fourth-order valence-electron chi connectivity index (χ4n) is 0.109. The number of aliphatic hydroxyl groups excluding tert-OH is 1. The van der Waals surface area contributed by atoms with Gasteiger partial charge in [-0.25, -0.2) is 4.79 Å². The molecule has 0 aromatic heterocycles. The molecule has 0 unspecified atom stereocenters.